The number of halogens is 1. The van der Waals surface area contributed by atoms with E-state index in [9.17, 15) is 4.39 Å². The molecule has 0 spiro atoms. The van der Waals surface area contributed by atoms with Gasteiger partial charge >= 0.3 is 0 Å². The van der Waals surface area contributed by atoms with Crippen LogP contribution >= 0.6 is 0 Å². The molecule has 0 aliphatic carbocycles. The van der Waals surface area contributed by atoms with Gasteiger partial charge < -0.3 is 15.2 Å². The van der Waals surface area contributed by atoms with Gasteiger partial charge in [0.15, 0.2) is 5.96 Å². The van der Waals surface area contributed by atoms with Gasteiger partial charge in [-0.05, 0) is 36.6 Å². The molecule has 0 bridgehead atoms. The first-order valence-electron chi connectivity index (χ1n) is 11.8. The van der Waals surface area contributed by atoms with Gasteiger partial charge in [-0.15, -0.1) is 0 Å². The number of aliphatic imine (C=N–C) groups is 1. The molecule has 7 nitrogen and oxygen atoms in total. The standard InChI is InChI=1S/C26H33FN6O/c1-19(20-7-9-21(10-8-20)23-5-3-4-6-24(23)27)17-22-18-25(34-31-22)30-26(28)29-11-12-33-15-13-32(2)14-16-33/h3-10,18-19H,11-17H2,1-2H3,(H3,28,29,30). The summed E-state index contributed by atoms with van der Waals surface area (Å²) < 4.78 is 19.4. The van der Waals surface area contributed by atoms with Crippen LogP contribution in [0.25, 0.3) is 11.1 Å². The van der Waals surface area contributed by atoms with Crippen LogP contribution in [-0.2, 0) is 6.42 Å². The molecule has 1 saturated heterocycles. The van der Waals surface area contributed by atoms with E-state index in [2.05, 4.69) is 39.2 Å². The Morgan fingerprint density at radius 2 is 1.88 bits per heavy atom. The molecule has 3 N–H and O–H groups in total. The van der Waals surface area contributed by atoms with Crippen LogP contribution in [0.5, 0.6) is 0 Å². The number of hydrogen-bond donors (Lipinski definition) is 2. The summed E-state index contributed by atoms with van der Waals surface area (Å²) >= 11 is 0. The van der Waals surface area contributed by atoms with E-state index in [0.717, 1.165) is 49.5 Å². The summed E-state index contributed by atoms with van der Waals surface area (Å²) in [5.41, 5.74) is 9.48. The lowest BCUT2D eigenvalue weighted by Crippen LogP contribution is -2.45. The van der Waals surface area contributed by atoms with Crippen molar-refractivity contribution in [2.75, 3.05) is 51.6 Å². The number of rotatable bonds is 8. The second-order valence-corrected chi connectivity index (χ2v) is 8.93. The van der Waals surface area contributed by atoms with Crippen molar-refractivity contribution in [1.82, 2.24) is 15.0 Å². The molecule has 1 fully saturated rings. The van der Waals surface area contributed by atoms with Crippen molar-refractivity contribution in [3.63, 3.8) is 0 Å². The second-order valence-electron chi connectivity index (χ2n) is 8.93. The molecule has 1 aliphatic heterocycles. The van der Waals surface area contributed by atoms with Crippen LogP contribution in [0.2, 0.25) is 0 Å². The number of benzene rings is 2. The van der Waals surface area contributed by atoms with Crippen molar-refractivity contribution in [2.45, 2.75) is 19.3 Å². The summed E-state index contributed by atoms with van der Waals surface area (Å²) in [6, 6.07) is 16.7. The summed E-state index contributed by atoms with van der Waals surface area (Å²) in [4.78, 5) is 9.13. The van der Waals surface area contributed by atoms with Crippen molar-refractivity contribution < 1.29 is 8.91 Å². The van der Waals surface area contributed by atoms with Gasteiger partial charge in [0.05, 0.1) is 12.2 Å². The summed E-state index contributed by atoms with van der Waals surface area (Å²) in [7, 11) is 2.15. The number of piperazine rings is 1. The Kier molecular flexibility index (Phi) is 7.92. The molecule has 1 aliphatic rings. The summed E-state index contributed by atoms with van der Waals surface area (Å²) in [5.74, 6) is 0.821. The number of anilines is 1. The third-order valence-corrected chi connectivity index (χ3v) is 6.28. The maximum atomic E-state index is 14.0. The topological polar surface area (TPSA) is 82.9 Å². The molecule has 2 heterocycles. The zero-order valence-corrected chi connectivity index (χ0v) is 19.9. The minimum atomic E-state index is -0.215. The quantitative estimate of drug-likeness (QED) is 0.390. The largest absolute Gasteiger partial charge is 0.370 e. The minimum Gasteiger partial charge on any atom is -0.370 e. The number of nitrogens with one attached hydrogen (secondary N) is 1. The highest BCUT2D eigenvalue weighted by atomic mass is 19.1. The molecule has 1 atom stereocenters. The average molecular weight is 465 g/mol. The Hall–Kier alpha value is -3.23. The molecule has 1 unspecified atom stereocenters. The number of likely N-dealkylation sites (N-methyl/N-ethyl adjacent to an activating group) is 1. The van der Waals surface area contributed by atoms with Crippen molar-refractivity contribution in [3.8, 4) is 11.1 Å². The first kappa shape index (κ1) is 23.9. The lowest BCUT2D eigenvalue weighted by Gasteiger charge is -2.31. The molecule has 0 radical (unpaired) electrons. The fourth-order valence-electron chi connectivity index (χ4n) is 4.13. The number of guanidine groups is 1. The van der Waals surface area contributed by atoms with E-state index in [1.54, 1.807) is 12.1 Å². The number of nitrogens with two attached hydrogens (primary N) is 1. The third-order valence-electron chi connectivity index (χ3n) is 6.28. The summed E-state index contributed by atoms with van der Waals surface area (Å²) in [6.45, 7) is 7.98. The van der Waals surface area contributed by atoms with Gasteiger partial charge in [0, 0.05) is 44.4 Å². The fraction of sp³-hybridized carbons (Fsp3) is 0.385. The van der Waals surface area contributed by atoms with Gasteiger partial charge in [-0.3, -0.25) is 15.2 Å². The monoisotopic (exact) mass is 464 g/mol. The van der Waals surface area contributed by atoms with Crippen LogP contribution in [0, 0.1) is 5.82 Å². The van der Waals surface area contributed by atoms with Gasteiger partial charge in [-0.2, -0.15) is 0 Å². The van der Waals surface area contributed by atoms with Crippen LogP contribution in [-0.4, -0.2) is 67.2 Å². The first-order chi connectivity index (χ1) is 16.5. The minimum absolute atomic E-state index is 0.215. The van der Waals surface area contributed by atoms with Crippen molar-refractivity contribution in [2.24, 2.45) is 10.7 Å². The van der Waals surface area contributed by atoms with Gasteiger partial charge in [-0.25, -0.2) is 4.39 Å². The Morgan fingerprint density at radius 1 is 1.15 bits per heavy atom. The van der Waals surface area contributed by atoms with Crippen LogP contribution in [0.4, 0.5) is 10.3 Å². The van der Waals surface area contributed by atoms with E-state index in [-0.39, 0.29) is 11.7 Å². The molecule has 8 heteroatoms. The smallest absolute Gasteiger partial charge is 0.231 e. The normalized spacial score (nSPS) is 16.5. The van der Waals surface area contributed by atoms with Crippen molar-refractivity contribution >= 4 is 11.8 Å². The zero-order valence-electron chi connectivity index (χ0n) is 19.9. The fourth-order valence-corrected chi connectivity index (χ4v) is 4.13. The van der Waals surface area contributed by atoms with E-state index in [1.807, 2.05) is 36.4 Å². The molecule has 180 valence electrons. The Bertz CT molecular complexity index is 1090. The highest BCUT2D eigenvalue weighted by Gasteiger charge is 2.14. The predicted octanol–water partition coefficient (Wildman–Crippen LogP) is 3.80. The maximum Gasteiger partial charge on any atom is 0.231 e. The van der Waals surface area contributed by atoms with Crippen LogP contribution < -0.4 is 11.1 Å². The average Bonchev–Trinajstić information content (AvgIpc) is 3.27. The molecule has 2 aromatic carbocycles. The molecular weight excluding hydrogens is 431 g/mol. The lowest BCUT2D eigenvalue weighted by molar-refractivity contribution is 0.157. The lowest BCUT2D eigenvalue weighted by atomic mass is 9.94. The maximum absolute atomic E-state index is 14.0. The predicted molar refractivity (Wildman–Crippen MR) is 135 cm³/mol. The summed E-state index contributed by atoms with van der Waals surface area (Å²) in [6.07, 6.45) is 0.713. The van der Waals surface area contributed by atoms with Crippen LogP contribution in [0.1, 0.15) is 24.1 Å². The highest BCUT2D eigenvalue weighted by Crippen LogP contribution is 2.26. The first-order valence-corrected chi connectivity index (χ1v) is 11.8. The van der Waals surface area contributed by atoms with E-state index in [4.69, 9.17) is 10.3 Å². The molecule has 0 amide bonds. The molecule has 3 aromatic rings. The molecule has 0 saturated carbocycles. The third kappa shape index (κ3) is 6.42. The zero-order chi connectivity index (χ0) is 23.9. The number of hydrogen-bond acceptors (Lipinski definition) is 5. The number of nitrogens with zero attached hydrogens (tertiary/aromatic N) is 4. The number of aromatic nitrogens is 1. The van der Waals surface area contributed by atoms with Gasteiger partial charge in [0.2, 0.25) is 5.88 Å². The Balaban J connectivity index is 1.27. The molecule has 1 aromatic heterocycles. The second kappa shape index (κ2) is 11.3. The van der Waals surface area contributed by atoms with Crippen molar-refractivity contribution in [3.05, 3.63) is 71.7 Å². The van der Waals surface area contributed by atoms with Gasteiger partial charge in [-0.1, -0.05) is 54.5 Å². The molecule has 34 heavy (non-hydrogen) atoms. The van der Waals surface area contributed by atoms with Crippen molar-refractivity contribution in [1.29, 1.82) is 0 Å². The molecule has 4 rings (SSSR count). The highest BCUT2D eigenvalue weighted by molar-refractivity contribution is 5.90. The van der Waals surface area contributed by atoms with E-state index in [1.165, 1.54) is 6.07 Å². The van der Waals surface area contributed by atoms with Crippen LogP contribution in [0.15, 0.2) is 64.1 Å². The SMILES string of the molecule is CC(Cc1cc(NC(N)=NCCN2CCN(C)CC2)on1)c1ccc(-c2ccccc2F)cc1. The van der Waals surface area contributed by atoms with Crippen LogP contribution in [0.3, 0.4) is 0 Å². The van der Waals surface area contributed by atoms with Gasteiger partial charge in [0.1, 0.15) is 5.82 Å². The Labute approximate surface area is 200 Å². The van der Waals surface area contributed by atoms with Gasteiger partial charge in [0.25, 0.3) is 0 Å². The molecular formula is C26H33FN6O. The Morgan fingerprint density at radius 3 is 2.62 bits per heavy atom. The van der Waals surface area contributed by atoms with E-state index in [0.29, 0.717) is 30.4 Å². The van der Waals surface area contributed by atoms with E-state index < -0.39 is 0 Å². The van der Waals surface area contributed by atoms with E-state index >= 15 is 0 Å². The summed E-state index contributed by atoms with van der Waals surface area (Å²) in [5, 5.41) is 7.15.